The van der Waals surface area contributed by atoms with E-state index < -0.39 is 23.5 Å². The van der Waals surface area contributed by atoms with Gasteiger partial charge in [-0.1, -0.05) is 17.7 Å². The Hall–Kier alpha value is -2.22. The Labute approximate surface area is 136 Å². The molecule has 0 spiro atoms. The molecule has 1 aromatic carbocycles. The number of carbonyl (C=O) groups excluding carboxylic acids is 1. The van der Waals surface area contributed by atoms with Gasteiger partial charge in [-0.05, 0) is 47.9 Å². The van der Waals surface area contributed by atoms with E-state index in [1.165, 1.54) is 16.8 Å². The van der Waals surface area contributed by atoms with Crippen molar-refractivity contribution < 1.29 is 9.18 Å². The Bertz CT molecular complexity index is 799. The zero-order chi connectivity index (χ0) is 16.6. The van der Waals surface area contributed by atoms with Crippen LogP contribution in [0.15, 0.2) is 23.0 Å². The van der Waals surface area contributed by atoms with E-state index in [1.54, 1.807) is 13.0 Å². The van der Waals surface area contributed by atoms with Gasteiger partial charge in [0.2, 0.25) is 5.91 Å². The Morgan fingerprint density at radius 1 is 1.48 bits per heavy atom. The Balaban J connectivity index is 1.64. The molecule has 0 bridgehead atoms. The zero-order valence-corrected chi connectivity index (χ0v) is 13.1. The topological polar surface area (TPSA) is 81.8 Å². The molecule has 0 aliphatic heterocycles. The highest BCUT2D eigenvalue weighted by atomic mass is 35.5. The smallest absolute Gasteiger partial charge is 0.348 e. The maximum absolute atomic E-state index is 13.4. The minimum Gasteiger partial charge on any atom is -0.348 e. The van der Waals surface area contributed by atoms with Crippen LogP contribution in [0.3, 0.4) is 0 Å². The summed E-state index contributed by atoms with van der Waals surface area (Å²) < 4.78 is 15.8. The average Bonchev–Trinajstić information content (AvgIpc) is 3.28. The maximum Gasteiger partial charge on any atom is 0.364 e. The van der Waals surface area contributed by atoms with E-state index in [-0.39, 0.29) is 17.6 Å². The maximum atomic E-state index is 13.4. The fourth-order valence-corrected chi connectivity index (χ4v) is 2.34. The number of nitrogens with zero attached hydrogens (tertiary/aromatic N) is 4. The van der Waals surface area contributed by atoms with E-state index in [0.717, 1.165) is 17.5 Å². The van der Waals surface area contributed by atoms with Gasteiger partial charge in [0.05, 0.1) is 17.1 Å². The third-order valence-electron chi connectivity index (χ3n) is 3.67. The minimum absolute atomic E-state index is 0.0236. The number of nitrogens with one attached hydrogen (secondary N) is 1. The molecule has 1 amide bonds. The molecule has 7 nitrogen and oxygen atoms in total. The summed E-state index contributed by atoms with van der Waals surface area (Å²) in [6, 6.07) is 4.01. The van der Waals surface area contributed by atoms with Crippen molar-refractivity contribution >= 4 is 17.5 Å². The number of tetrazole rings is 1. The second-order valence-corrected chi connectivity index (χ2v) is 5.96. The molecule has 1 aliphatic rings. The summed E-state index contributed by atoms with van der Waals surface area (Å²) in [5.41, 5.74) is 0.182. The summed E-state index contributed by atoms with van der Waals surface area (Å²) >= 11 is 5.63. The van der Waals surface area contributed by atoms with Crippen LogP contribution < -0.4 is 11.0 Å². The molecule has 122 valence electrons. The lowest BCUT2D eigenvalue weighted by Gasteiger charge is -2.14. The molecule has 1 aliphatic carbocycles. The third-order valence-corrected chi connectivity index (χ3v) is 3.97. The van der Waals surface area contributed by atoms with Gasteiger partial charge < -0.3 is 5.32 Å². The van der Waals surface area contributed by atoms with Crippen molar-refractivity contribution in [1.82, 2.24) is 25.1 Å². The fourth-order valence-electron chi connectivity index (χ4n) is 2.22. The summed E-state index contributed by atoms with van der Waals surface area (Å²) in [7, 11) is 0. The molecule has 2 aromatic rings. The Kier molecular flexibility index (Phi) is 4.16. The Morgan fingerprint density at radius 3 is 2.87 bits per heavy atom. The first kappa shape index (κ1) is 15.7. The van der Waals surface area contributed by atoms with Crippen LogP contribution in [-0.4, -0.2) is 25.7 Å². The molecule has 1 N–H and O–H groups in total. The number of hydrogen-bond donors (Lipinski definition) is 1. The molecular formula is C14H15ClFN5O2. The number of aromatic nitrogens is 4. The van der Waals surface area contributed by atoms with Crippen LogP contribution in [0.5, 0.6) is 0 Å². The average molecular weight is 340 g/mol. The predicted octanol–water partition coefficient (Wildman–Crippen LogP) is 1.44. The highest BCUT2D eigenvalue weighted by Gasteiger charge is 2.28. The van der Waals surface area contributed by atoms with Gasteiger partial charge in [-0.15, -0.1) is 0 Å². The first-order valence-corrected chi connectivity index (χ1v) is 7.60. The van der Waals surface area contributed by atoms with Gasteiger partial charge in [-0.3, -0.25) is 4.79 Å². The van der Waals surface area contributed by atoms with Gasteiger partial charge in [0.1, 0.15) is 12.4 Å². The van der Waals surface area contributed by atoms with Crippen molar-refractivity contribution in [2.24, 2.45) is 0 Å². The SMILES string of the molecule is C[C@H](NC(=O)Cn1nnn(C2CC2)c1=O)c1ccc(Cl)c(F)c1. The number of amides is 1. The first-order chi connectivity index (χ1) is 11.0. The van der Waals surface area contributed by atoms with E-state index >= 15 is 0 Å². The molecule has 1 fully saturated rings. The van der Waals surface area contributed by atoms with Gasteiger partial charge in [0.15, 0.2) is 0 Å². The molecule has 1 heterocycles. The summed E-state index contributed by atoms with van der Waals surface area (Å²) in [6.07, 6.45) is 1.81. The number of halogens is 2. The van der Waals surface area contributed by atoms with Gasteiger partial charge in [-0.2, -0.15) is 9.36 Å². The van der Waals surface area contributed by atoms with Crippen LogP contribution >= 0.6 is 11.6 Å². The molecule has 0 radical (unpaired) electrons. The Morgan fingerprint density at radius 2 is 2.22 bits per heavy atom. The first-order valence-electron chi connectivity index (χ1n) is 7.22. The summed E-state index contributed by atoms with van der Waals surface area (Å²) in [5, 5.41) is 10.2. The normalized spacial score (nSPS) is 15.4. The molecule has 0 saturated heterocycles. The van der Waals surface area contributed by atoms with Gasteiger partial charge in [-0.25, -0.2) is 9.18 Å². The quantitative estimate of drug-likeness (QED) is 0.893. The molecule has 3 rings (SSSR count). The molecule has 0 unspecified atom stereocenters. The van der Waals surface area contributed by atoms with Crippen molar-refractivity contribution in [3.8, 4) is 0 Å². The lowest BCUT2D eigenvalue weighted by molar-refractivity contribution is -0.122. The van der Waals surface area contributed by atoms with Crippen molar-refractivity contribution in [2.75, 3.05) is 0 Å². The molecule has 9 heteroatoms. The van der Waals surface area contributed by atoms with Gasteiger partial charge in [0, 0.05) is 0 Å². The zero-order valence-electron chi connectivity index (χ0n) is 12.4. The van der Waals surface area contributed by atoms with Crippen LogP contribution in [0, 0.1) is 5.82 Å². The lowest BCUT2D eigenvalue weighted by Crippen LogP contribution is -2.34. The highest BCUT2D eigenvalue weighted by Crippen LogP contribution is 2.32. The van der Waals surface area contributed by atoms with Crippen molar-refractivity contribution in [3.63, 3.8) is 0 Å². The second kappa shape index (κ2) is 6.11. The molecule has 1 atom stereocenters. The van der Waals surface area contributed by atoms with E-state index in [1.807, 2.05) is 0 Å². The standard InChI is InChI=1S/C14H15ClFN5O2/c1-8(9-2-5-11(15)12(16)6-9)17-13(22)7-20-14(23)21(19-18-20)10-3-4-10/h2,5-6,8,10H,3-4,7H2,1H3,(H,17,22)/t8-/m0/s1. The molecule has 23 heavy (non-hydrogen) atoms. The lowest BCUT2D eigenvalue weighted by atomic mass is 10.1. The summed E-state index contributed by atoms with van der Waals surface area (Å²) in [4.78, 5) is 24.0. The summed E-state index contributed by atoms with van der Waals surface area (Å²) in [5.74, 6) is -0.952. The fraction of sp³-hybridized carbons (Fsp3) is 0.429. The highest BCUT2D eigenvalue weighted by molar-refractivity contribution is 6.30. The van der Waals surface area contributed by atoms with Gasteiger partial charge in [0.25, 0.3) is 0 Å². The number of carbonyl (C=O) groups is 1. The van der Waals surface area contributed by atoms with Crippen molar-refractivity contribution in [1.29, 1.82) is 0 Å². The third kappa shape index (κ3) is 3.42. The van der Waals surface area contributed by atoms with Crippen molar-refractivity contribution in [3.05, 3.63) is 45.1 Å². The van der Waals surface area contributed by atoms with E-state index in [2.05, 4.69) is 15.7 Å². The van der Waals surface area contributed by atoms with E-state index in [0.29, 0.717) is 5.56 Å². The molecule has 1 aromatic heterocycles. The van der Waals surface area contributed by atoms with Crippen molar-refractivity contribution in [2.45, 2.75) is 38.4 Å². The van der Waals surface area contributed by atoms with Crippen LogP contribution in [-0.2, 0) is 11.3 Å². The number of hydrogen-bond acceptors (Lipinski definition) is 4. The van der Waals surface area contributed by atoms with Crippen LogP contribution in [0.4, 0.5) is 4.39 Å². The predicted molar refractivity (Wildman–Crippen MR) is 80.5 cm³/mol. The molecular weight excluding hydrogens is 325 g/mol. The van der Waals surface area contributed by atoms with Gasteiger partial charge >= 0.3 is 5.69 Å². The van der Waals surface area contributed by atoms with Crippen LogP contribution in [0.2, 0.25) is 5.02 Å². The van der Waals surface area contributed by atoms with E-state index in [4.69, 9.17) is 11.6 Å². The second-order valence-electron chi connectivity index (χ2n) is 5.56. The number of rotatable bonds is 5. The summed E-state index contributed by atoms with van der Waals surface area (Å²) in [6.45, 7) is 1.48. The van der Waals surface area contributed by atoms with Crippen LogP contribution in [0.1, 0.15) is 37.4 Å². The van der Waals surface area contributed by atoms with E-state index in [9.17, 15) is 14.0 Å². The monoisotopic (exact) mass is 339 g/mol. The largest absolute Gasteiger partial charge is 0.364 e. The minimum atomic E-state index is -0.547. The molecule has 1 saturated carbocycles. The van der Waals surface area contributed by atoms with Crippen LogP contribution in [0.25, 0.3) is 0 Å². The number of benzene rings is 1.